The molecular formula is C21H28N4O2. The van der Waals surface area contributed by atoms with Gasteiger partial charge in [0.25, 0.3) is 0 Å². The van der Waals surface area contributed by atoms with Crippen molar-refractivity contribution < 1.29 is 9.59 Å². The molecule has 1 saturated heterocycles. The molecule has 1 aliphatic carbocycles. The third kappa shape index (κ3) is 3.45. The van der Waals surface area contributed by atoms with Crippen molar-refractivity contribution in [3.8, 4) is 0 Å². The molecule has 4 rings (SSSR count). The summed E-state index contributed by atoms with van der Waals surface area (Å²) in [5.41, 5.74) is 2.75. The van der Waals surface area contributed by atoms with E-state index in [0.29, 0.717) is 6.54 Å². The minimum atomic E-state index is -0.345. The highest BCUT2D eigenvalue weighted by Gasteiger charge is 2.39. The summed E-state index contributed by atoms with van der Waals surface area (Å²) in [6, 6.07) is 5.55. The van der Waals surface area contributed by atoms with Crippen LogP contribution in [0.4, 0.5) is 5.69 Å². The van der Waals surface area contributed by atoms with Gasteiger partial charge in [-0.3, -0.25) is 9.59 Å². The molecule has 27 heavy (non-hydrogen) atoms. The van der Waals surface area contributed by atoms with Crippen LogP contribution in [0.3, 0.4) is 0 Å². The van der Waals surface area contributed by atoms with Gasteiger partial charge in [0.05, 0.1) is 11.0 Å². The number of aryl methyl sites for hydroxylation is 2. The summed E-state index contributed by atoms with van der Waals surface area (Å²) in [5.74, 6) is 1.30. The number of carbonyl (C=O) groups is 2. The molecule has 6 heteroatoms. The Morgan fingerprint density at radius 3 is 2.70 bits per heavy atom. The van der Waals surface area contributed by atoms with Gasteiger partial charge in [-0.2, -0.15) is 0 Å². The van der Waals surface area contributed by atoms with Crippen LogP contribution in [-0.4, -0.2) is 38.9 Å². The lowest BCUT2D eigenvalue weighted by atomic mass is 10.0. The normalized spacial score (nSPS) is 20.1. The Balaban J connectivity index is 1.53. The van der Waals surface area contributed by atoms with Gasteiger partial charge < -0.3 is 14.8 Å². The summed E-state index contributed by atoms with van der Waals surface area (Å²) >= 11 is 0. The highest BCUT2D eigenvalue weighted by Crippen LogP contribution is 2.33. The number of piperidine rings is 1. The molecule has 2 heterocycles. The summed E-state index contributed by atoms with van der Waals surface area (Å²) < 4.78 is 2.21. The number of nitrogens with one attached hydrogen (secondary N) is 1. The third-order valence-corrected chi connectivity index (χ3v) is 5.74. The minimum Gasteiger partial charge on any atom is -0.330 e. The number of carbonyl (C=O) groups excluding carboxylic acids is 2. The van der Waals surface area contributed by atoms with Gasteiger partial charge in [-0.05, 0) is 57.2 Å². The van der Waals surface area contributed by atoms with Crippen LogP contribution in [0.2, 0.25) is 0 Å². The first-order valence-corrected chi connectivity index (χ1v) is 10.2. The molecular weight excluding hydrogens is 340 g/mol. The molecule has 144 valence electrons. The number of amides is 2. The molecule has 0 radical (unpaired) electrons. The van der Waals surface area contributed by atoms with Crippen molar-refractivity contribution >= 4 is 28.5 Å². The Kier molecular flexibility index (Phi) is 4.89. The van der Waals surface area contributed by atoms with Crippen LogP contribution in [0, 0.1) is 5.92 Å². The molecule has 1 atom stereocenters. The Labute approximate surface area is 159 Å². The predicted octanol–water partition coefficient (Wildman–Crippen LogP) is 3.35. The zero-order valence-corrected chi connectivity index (χ0v) is 16.2. The lowest BCUT2D eigenvalue weighted by molar-refractivity contribution is -0.141. The van der Waals surface area contributed by atoms with E-state index < -0.39 is 0 Å². The number of rotatable bonds is 5. The fraction of sp³-hybridized carbons (Fsp3) is 0.571. The monoisotopic (exact) mass is 368 g/mol. The summed E-state index contributed by atoms with van der Waals surface area (Å²) in [5, 5.41) is 3.03. The molecule has 2 aliphatic rings. The Bertz CT molecular complexity index is 868. The lowest BCUT2D eigenvalue weighted by Crippen LogP contribution is -2.50. The van der Waals surface area contributed by atoms with Crippen LogP contribution in [-0.2, 0) is 22.6 Å². The van der Waals surface area contributed by atoms with Crippen molar-refractivity contribution in [3.05, 3.63) is 24.0 Å². The predicted molar refractivity (Wildman–Crippen MR) is 105 cm³/mol. The molecule has 0 spiro atoms. The second-order valence-corrected chi connectivity index (χ2v) is 7.64. The van der Waals surface area contributed by atoms with Gasteiger partial charge in [0, 0.05) is 31.1 Å². The zero-order chi connectivity index (χ0) is 19.0. The summed E-state index contributed by atoms with van der Waals surface area (Å²) in [6.45, 7) is 5.80. The van der Waals surface area contributed by atoms with E-state index in [-0.39, 0.29) is 23.8 Å². The van der Waals surface area contributed by atoms with Crippen molar-refractivity contribution in [3.63, 3.8) is 0 Å². The van der Waals surface area contributed by atoms with Crippen molar-refractivity contribution in [2.45, 2.75) is 65.0 Å². The number of imidazole rings is 1. The SMILES string of the molecule is CCc1nc2cc(NC(=O)C3CCCCN3C(=O)C3CC3)ccc2n1CC. The van der Waals surface area contributed by atoms with Gasteiger partial charge in [0.2, 0.25) is 11.8 Å². The van der Waals surface area contributed by atoms with Gasteiger partial charge >= 0.3 is 0 Å². The van der Waals surface area contributed by atoms with Crippen LogP contribution < -0.4 is 5.32 Å². The first kappa shape index (κ1) is 18.0. The van der Waals surface area contributed by atoms with E-state index in [1.807, 2.05) is 23.1 Å². The van der Waals surface area contributed by atoms with Gasteiger partial charge in [-0.1, -0.05) is 6.92 Å². The fourth-order valence-corrected chi connectivity index (χ4v) is 4.14. The van der Waals surface area contributed by atoms with E-state index in [0.717, 1.165) is 67.6 Å². The summed E-state index contributed by atoms with van der Waals surface area (Å²) in [7, 11) is 0. The average Bonchev–Trinajstić information content (AvgIpc) is 3.48. The minimum absolute atomic E-state index is 0.0753. The van der Waals surface area contributed by atoms with E-state index in [4.69, 9.17) is 4.98 Å². The quantitative estimate of drug-likeness (QED) is 0.880. The summed E-state index contributed by atoms with van der Waals surface area (Å²) in [6.07, 6.45) is 5.55. The number of likely N-dealkylation sites (tertiary alicyclic amines) is 1. The van der Waals surface area contributed by atoms with Crippen LogP contribution in [0.5, 0.6) is 0 Å². The second kappa shape index (κ2) is 7.33. The maximum absolute atomic E-state index is 12.9. The largest absolute Gasteiger partial charge is 0.330 e. The highest BCUT2D eigenvalue weighted by molar-refractivity contribution is 5.99. The smallest absolute Gasteiger partial charge is 0.247 e. The molecule has 1 N–H and O–H groups in total. The maximum Gasteiger partial charge on any atom is 0.247 e. The number of aromatic nitrogens is 2. The number of anilines is 1. The maximum atomic E-state index is 12.9. The van der Waals surface area contributed by atoms with Crippen molar-refractivity contribution in [2.24, 2.45) is 5.92 Å². The number of benzene rings is 1. The average molecular weight is 368 g/mol. The second-order valence-electron chi connectivity index (χ2n) is 7.64. The third-order valence-electron chi connectivity index (χ3n) is 5.74. The Morgan fingerprint density at radius 2 is 2.00 bits per heavy atom. The van der Waals surface area contributed by atoms with Gasteiger partial charge in [0.1, 0.15) is 11.9 Å². The first-order chi connectivity index (χ1) is 13.1. The van der Waals surface area contributed by atoms with Gasteiger partial charge in [0.15, 0.2) is 0 Å². The first-order valence-electron chi connectivity index (χ1n) is 10.2. The molecule has 2 amide bonds. The van der Waals surface area contributed by atoms with Gasteiger partial charge in [-0.25, -0.2) is 4.98 Å². The standard InChI is InChI=1S/C21H28N4O2/c1-3-19-23-16-13-15(10-11-17(16)24(19)4-2)22-20(26)18-7-5-6-12-25(18)21(27)14-8-9-14/h10-11,13-14,18H,3-9,12H2,1-2H3,(H,22,26). The highest BCUT2D eigenvalue weighted by atomic mass is 16.2. The van der Waals surface area contributed by atoms with Crippen LogP contribution in [0.1, 0.15) is 51.8 Å². The molecule has 0 bridgehead atoms. The fourth-order valence-electron chi connectivity index (χ4n) is 4.14. The number of nitrogens with zero attached hydrogens (tertiary/aromatic N) is 3. The van der Waals surface area contributed by atoms with Crippen LogP contribution >= 0.6 is 0 Å². The van der Waals surface area contributed by atoms with E-state index in [1.165, 1.54) is 0 Å². The summed E-state index contributed by atoms with van der Waals surface area (Å²) in [4.78, 5) is 32.0. The molecule has 6 nitrogen and oxygen atoms in total. The molecule has 1 aromatic carbocycles. The molecule has 1 saturated carbocycles. The van der Waals surface area contributed by atoms with E-state index in [2.05, 4.69) is 23.7 Å². The zero-order valence-electron chi connectivity index (χ0n) is 16.2. The molecule has 1 unspecified atom stereocenters. The van der Waals surface area contributed by atoms with Gasteiger partial charge in [-0.15, -0.1) is 0 Å². The molecule has 1 aromatic heterocycles. The van der Waals surface area contributed by atoms with Crippen molar-refractivity contribution in [1.82, 2.24) is 14.5 Å². The van der Waals surface area contributed by atoms with E-state index >= 15 is 0 Å². The van der Waals surface area contributed by atoms with E-state index in [1.54, 1.807) is 0 Å². The van der Waals surface area contributed by atoms with Crippen molar-refractivity contribution in [2.75, 3.05) is 11.9 Å². The lowest BCUT2D eigenvalue weighted by Gasteiger charge is -2.34. The number of fused-ring (bicyclic) bond motifs is 1. The molecule has 1 aliphatic heterocycles. The molecule has 2 aromatic rings. The van der Waals surface area contributed by atoms with Crippen LogP contribution in [0.25, 0.3) is 11.0 Å². The van der Waals surface area contributed by atoms with E-state index in [9.17, 15) is 9.59 Å². The Morgan fingerprint density at radius 1 is 1.19 bits per heavy atom. The number of hydrogen-bond acceptors (Lipinski definition) is 3. The topological polar surface area (TPSA) is 67.2 Å². The van der Waals surface area contributed by atoms with Crippen LogP contribution in [0.15, 0.2) is 18.2 Å². The Hall–Kier alpha value is -2.37. The van der Waals surface area contributed by atoms with Crippen molar-refractivity contribution in [1.29, 1.82) is 0 Å². The molecule has 2 fully saturated rings. The number of hydrogen-bond donors (Lipinski definition) is 1.